The largest absolute Gasteiger partial charge is 0.543 e. The molecule has 0 atom stereocenters. The van der Waals surface area contributed by atoms with Crippen LogP contribution in [0.1, 0.15) is 70.3 Å². The molecule has 0 saturated heterocycles. The molecular weight excluding hydrogens is 686 g/mol. The number of anilines is 1. The van der Waals surface area contributed by atoms with Crippen molar-refractivity contribution in [3.63, 3.8) is 0 Å². The smallest absolute Gasteiger partial charge is 0.341 e. The number of methoxy groups -OCH3 is 4. The van der Waals surface area contributed by atoms with Gasteiger partial charge in [0.05, 0.1) is 24.9 Å². The van der Waals surface area contributed by atoms with Crippen LogP contribution in [0.2, 0.25) is 41.3 Å². The number of carbonyl (C=O) groups excluding carboxylic acids is 2. The van der Waals surface area contributed by atoms with Crippen molar-refractivity contribution >= 4 is 45.8 Å². The molecule has 0 aliphatic rings. The molecule has 2 aromatic rings. The van der Waals surface area contributed by atoms with Gasteiger partial charge in [-0.2, -0.15) is 0 Å². The average molecular weight is 742 g/mol. The van der Waals surface area contributed by atoms with Crippen LogP contribution >= 0.6 is 11.6 Å². The van der Waals surface area contributed by atoms with Crippen LogP contribution in [0.5, 0.6) is 28.7 Å². The van der Waals surface area contributed by atoms with Crippen LogP contribution in [0.15, 0.2) is 18.2 Å². The molecule has 0 unspecified atom stereocenters. The van der Waals surface area contributed by atoms with Gasteiger partial charge in [0.2, 0.25) is 5.91 Å². The van der Waals surface area contributed by atoms with Crippen molar-refractivity contribution in [2.24, 2.45) is 0 Å². The van der Waals surface area contributed by atoms with Crippen molar-refractivity contribution in [3.05, 3.63) is 34.3 Å². The molecule has 0 aliphatic carbocycles. The Hall–Kier alpha value is -2.98. The van der Waals surface area contributed by atoms with Gasteiger partial charge in [-0.1, -0.05) is 53.1 Å². The van der Waals surface area contributed by atoms with Crippen molar-refractivity contribution in [1.82, 2.24) is 0 Å². The minimum atomic E-state index is -2.43. The first-order chi connectivity index (χ1) is 22.6. The second kappa shape index (κ2) is 17.3. The minimum Gasteiger partial charge on any atom is -0.543 e. The molecule has 1 amide bonds. The van der Waals surface area contributed by atoms with Crippen molar-refractivity contribution < 1.29 is 46.9 Å². The zero-order valence-corrected chi connectivity index (χ0v) is 34.5. The van der Waals surface area contributed by atoms with E-state index >= 15 is 0 Å². The van der Waals surface area contributed by atoms with E-state index in [1.54, 1.807) is 18.2 Å². The summed E-state index contributed by atoms with van der Waals surface area (Å²) in [6.07, 6.45) is 0.708. The number of carbonyl (C=O) groups is 2. The zero-order chi connectivity index (χ0) is 37.4. The van der Waals surface area contributed by atoms with Crippen LogP contribution in [-0.4, -0.2) is 70.5 Å². The molecule has 0 radical (unpaired) electrons. The molecule has 0 heterocycles. The zero-order valence-electron chi connectivity index (χ0n) is 31.7. The van der Waals surface area contributed by atoms with Gasteiger partial charge in [-0.3, -0.25) is 4.79 Å². The first-order valence-electron chi connectivity index (χ1n) is 16.2. The average Bonchev–Trinajstić information content (AvgIpc) is 2.99. The fraction of sp³-hybridized carbons (Fsp3) is 0.600. The third-order valence-corrected chi connectivity index (χ3v) is 18.2. The number of rotatable bonds is 17. The summed E-state index contributed by atoms with van der Waals surface area (Å²) in [6, 6.07) is 4.93. The van der Waals surface area contributed by atoms with Crippen LogP contribution in [0.25, 0.3) is 0 Å². The summed E-state index contributed by atoms with van der Waals surface area (Å²) in [7, 11) is 1.03. The number of hydrogen-bond donors (Lipinski definition) is 1. The lowest BCUT2D eigenvalue weighted by Gasteiger charge is -2.39. The Morgan fingerprint density at radius 1 is 0.735 bits per heavy atom. The molecule has 49 heavy (non-hydrogen) atoms. The summed E-state index contributed by atoms with van der Waals surface area (Å²) in [5.41, 5.74) is 1.11. The fourth-order valence-electron chi connectivity index (χ4n) is 4.15. The molecule has 1 N–H and O–H groups in total. The van der Waals surface area contributed by atoms with Gasteiger partial charge < -0.3 is 42.6 Å². The van der Waals surface area contributed by atoms with E-state index in [2.05, 4.69) is 73.0 Å². The van der Waals surface area contributed by atoms with E-state index in [9.17, 15) is 9.59 Å². The summed E-state index contributed by atoms with van der Waals surface area (Å²) < 4.78 is 45.5. The predicted molar refractivity (Wildman–Crippen MR) is 198 cm³/mol. The van der Waals surface area contributed by atoms with Crippen LogP contribution in [-0.2, 0) is 25.4 Å². The van der Waals surface area contributed by atoms with Crippen LogP contribution in [0.3, 0.4) is 0 Å². The number of esters is 1. The molecular formula is C35H56ClNO10Si2. The molecule has 2 aromatic carbocycles. The van der Waals surface area contributed by atoms with E-state index < -0.39 is 22.6 Å². The first kappa shape index (κ1) is 42.2. The number of ether oxygens (including phenoxy) is 6. The Balaban J connectivity index is 2.54. The molecule has 11 nitrogen and oxygen atoms in total. The molecule has 0 bridgehead atoms. The molecule has 0 fully saturated rings. The van der Waals surface area contributed by atoms with Crippen LogP contribution in [0.4, 0.5) is 5.69 Å². The van der Waals surface area contributed by atoms with E-state index in [1.807, 2.05) is 0 Å². The topological polar surface area (TPSA) is 120 Å². The lowest BCUT2D eigenvalue weighted by atomic mass is 10.00. The first-order valence-corrected chi connectivity index (χ1v) is 22.4. The molecule has 0 spiro atoms. The normalized spacial score (nSPS) is 12.3. The lowest BCUT2D eigenvalue weighted by Crippen LogP contribution is -2.45. The van der Waals surface area contributed by atoms with Crippen LogP contribution < -0.4 is 28.4 Å². The summed E-state index contributed by atoms with van der Waals surface area (Å²) in [6.45, 7) is 21.2. The third-order valence-electron chi connectivity index (χ3n) is 9.06. The highest BCUT2D eigenvalue weighted by Gasteiger charge is 2.42. The molecule has 14 heteroatoms. The quantitative estimate of drug-likeness (QED) is 0.0957. The van der Waals surface area contributed by atoms with Crippen molar-refractivity contribution in [2.45, 2.75) is 97.1 Å². The Morgan fingerprint density at radius 2 is 1.24 bits per heavy atom. The SMILES string of the molecule is COCOc1cc(OC)c(OCOC)cc1NC(=O)CCCc1c(Cl)c(O[Si](C)(C)C(C)(C)C)cc(O[Si](C)(C)C(C)(C)C)c1C(=O)OC. The molecule has 0 aromatic heterocycles. The van der Waals surface area contributed by atoms with Crippen molar-refractivity contribution in [3.8, 4) is 28.7 Å². The Kier molecular flexibility index (Phi) is 14.9. The van der Waals surface area contributed by atoms with Gasteiger partial charge >= 0.3 is 5.97 Å². The molecule has 276 valence electrons. The standard InChI is InChI=1S/C35H56ClNO10Si2/c1-34(2,3)48(11,12)46-28-20-29(47-49(13,14)35(4,5)6)32(36)23(31(28)33(39)43-10)16-15-17-30(38)37-24-18-27(45-22-41-8)26(42-9)19-25(24)44-21-40-7/h18-20H,15-17,21-22H2,1-14H3,(H,37,38). The van der Waals surface area contributed by atoms with Gasteiger partial charge in [-0.25, -0.2) is 4.79 Å². The number of benzene rings is 2. The highest BCUT2D eigenvalue weighted by Crippen LogP contribution is 2.46. The lowest BCUT2D eigenvalue weighted by molar-refractivity contribution is -0.116. The number of halogens is 1. The number of amides is 1. The summed E-state index contributed by atoms with van der Waals surface area (Å²) >= 11 is 7.09. The molecule has 2 rings (SSSR count). The van der Waals surface area contributed by atoms with Gasteiger partial charge in [-0.15, -0.1) is 0 Å². The van der Waals surface area contributed by atoms with E-state index in [1.165, 1.54) is 28.4 Å². The second-order valence-electron chi connectivity index (χ2n) is 14.8. The van der Waals surface area contributed by atoms with Crippen LogP contribution in [0, 0.1) is 0 Å². The second-order valence-corrected chi connectivity index (χ2v) is 24.6. The highest BCUT2D eigenvalue weighted by atomic mass is 35.5. The maximum atomic E-state index is 13.4. The maximum Gasteiger partial charge on any atom is 0.341 e. The summed E-state index contributed by atoms with van der Waals surface area (Å²) in [5, 5.41) is 2.94. The summed E-state index contributed by atoms with van der Waals surface area (Å²) in [5.74, 6) is 1.03. The van der Waals surface area contributed by atoms with Gasteiger partial charge in [0, 0.05) is 38.8 Å². The number of nitrogens with one attached hydrogen (secondary N) is 1. The maximum absolute atomic E-state index is 13.4. The monoisotopic (exact) mass is 741 g/mol. The van der Waals surface area contributed by atoms with E-state index in [0.29, 0.717) is 51.4 Å². The number of hydrogen-bond acceptors (Lipinski definition) is 10. The van der Waals surface area contributed by atoms with Gasteiger partial charge in [0.1, 0.15) is 22.8 Å². The summed E-state index contributed by atoms with van der Waals surface area (Å²) in [4.78, 5) is 26.7. The Labute approximate surface area is 299 Å². The Bertz CT molecular complexity index is 1450. The van der Waals surface area contributed by atoms with Gasteiger partial charge in [0.25, 0.3) is 16.6 Å². The van der Waals surface area contributed by atoms with Gasteiger partial charge in [-0.05, 0) is 54.7 Å². The van der Waals surface area contributed by atoms with Crippen molar-refractivity contribution in [2.75, 3.05) is 47.3 Å². The minimum absolute atomic E-state index is 0.0232. The fourth-order valence-corrected chi connectivity index (χ4v) is 6.53. The third kappa shape index (κ3) is 11.0. The van der Waals surface area contributed by atoms with Crippen molar-refractivity contribution in [1.29, 1.82) is 0 Å². The van der Waals surface area contributed by atoms with Gasteiger partial charge in [0.15, 0.2) is 25.1 Å². The molecule has 0 aliphatic heterocycles. The Morgan fingerprint density at radius 3 is 1.73 bits per heavy atom. The molecule has 0 saturated carbocycles. The highest BCUT2D eigenvalue weighted by molar-refractivity contribution is 6.75. The van der Waals surface area contributed by atoms with E-state index in [0.717, 1.165) is 0 Å². The predicted octanol–water partition coefficient (Wildman–Crippen LogP) is 8.83. The van der Waals surface area contributed by atoms with E-state index in [-0.39, 0.29) is 48.0 Å². The van der Waals surface area contributed by atoms with E-state index in [4.69, 9.17) is 48.9 Å².